The van der Waals surface area contributed by atoms with Gasteiger partial charge in [-0.05, 0) is 6.08 Å². The average molecular weight is 155 g/mol. The molecular weight excluding hydrogens is 146 g/mol. The van der Waals surface area contributed by atoms with Crippen LogP contribution >= 0.6 is 0 Å². The lowest BCUT2D eigenvalue weighted by Gasteiger charge is -2.09. The molecule has 1 heterocycles. The van der Waals surface area contributed by atoms with Crippen LogP contribution in [0.15, 0.2) is 11.6 Å². The van der Waals surface area contributed by atoms with Gasteiger partial charge in [0.1, 0.15) is 12.2 Å². The molecule has 2 rings (SSSR count). The van der Waals surface area contributed by atoms with E-state index in [0.29, 0.717) is 12.0 Å². The first-order valence-corrected chi connectivity index (χ1v) is 3.52. The molecule has 1 saturated heterocycles. The van der Waals surface area contributed by atoms with Crippen molar-refractivity contribution in [1.29, 1.82) is 0 Å². The molecule has 60 valence electrons. The maximum Gasteiger partial charge on any atom is 0.244 e. The van der Waals surface area contributed by atoms with E-state index in [0.717, 1.165) is 0 Å². The molecule has 0 aromatic carbocycles. The fourth-order valence-electron chi connectivity index (χ4n) is 1.39. The second-order valence-electron chi connectivity index (χ2n) is 2.89. The van der Waals surface area contributed by atoms with Crippen molar-refractivity contribution < 1.29 is 14.6 Å². The van der Waals surface area contributed by atoms with Gasteiger partial charge in [-0.25, -0.2) is 0 Å². The zero-order valence-corrected chi connectivity index (χ0v) is 5.86. The second kappa shape index (κ2) is 2.06. The molecule has 0 radical (unpaired) electrons. The lowest BCUT2D eigenvalue weighted by molar-refractivity contribution is -0.114. The first kappa shape index (κ1) is 6.82. The molecule has 0 aromatic heterocycles. The zero-order valence-electron chi connectivity index (χ0n) is 5.86. The fraction of sp³-hybridized carbons (Fsp3) is 0.571. The van der Waals surface area contributed by atoms with Gasteiger partial charge in [0, 0.05) is 12.0 Å². The Hall–Kier alpha value is -0.870. The van der Waals surface area contributed by atoms with Gasteiger partial charge in [0.25, 0.3) is 0 Å². The van der Waals surface area contributed by atoms with Crippen LogP contribution in [0.1, 0.15) is 6.42 Å². The molecule has 1 fully saturated rings. The molecule has 4 nitrogen and oxygen atoms in total. The number of amides is 1. The van der Waals surface area contributed by atoms with Crippen LogP contribution in [0.2, 0.25) is 0 Å². The summed E-state index contributed by atoms with van der Waals surface area (Å²) in [5.74, 6) is -0.460. The monoisotopic (exact) mass is 155 g/mol. The largest absolute Gasteiger partial charge is 0.386 e. The third-order valence-corrected chi connectivity index (χ3v) is 2.07. The Morgan fingerprint density at radius 1 is 1.82 bits per heavy atom. The zero-order chi connectivity index (χ0) is 8.01. The van der Waals surface area contributed by atoms with Crippen molar-refractivity contribution in [2.75, 3.05) is 0 Å². The molecule has 2 aliphatic rings. The van der Waals surface area contributed by atoms with Gasteiger partial charge in [0.05, 0.1) is 6.10 Å². The summed E-state index contributed by atoms with van der Waals surface area (Å²) in [7, 11) is 0. The molecule has 11 heavy (non-hydrogen) atoms. The Balaban J connectivity index is 2.17. The Morgan fingerprint density at radius 2 is 2.55 bits per heavy atom. The fourth-order valence-corrected chi connectivity index (χ4v) is 1.39. The molecule has 0 aromatic rings. The third-order valence-electron chi connectivity index (χ3n) is 2.07. The smallest absolute Gasteiger partial charge is 0.244 e. The van der Waals surface area contributed by atoms with Gasteiger partial charge in [-0.15, -0.1) is 0 Å². The van der Waals surface area contributed by atoms with Gasteiger partial charge in [0.15, 0.2) is 0 Å². The van der Waals surface area contributed by atoms with E-state index < -0.39 is 12.0 Å². The van der Waals surface area contributed by atoms with Crippen LogP contribution in [0.25, 0.3) is 0 Å². The normalized spacial score (nSPS) is 40.8. The highest BCUT2D eigenvalue weighted by molar-refractivity contribution is 5.92. The second-order valence-corrected chi connectivity index (χ2v) is 2.89. The van der Waals surface area contributed by atoms with Crippen LogP contribution in [0, 0.1) is 0 Å². The molecule has 4 heteroatoms. The van der Waals surface area contributed by atoms with Crippen molar-refractivity contribution >= 4 is 5.91 Å². The Labute approximate surface area is 63.6 Å². The van der Waals surface area contributed by atoms with Gasteiger partial charge in [0.2, 0.25) is 5.91 Å². The summed E-state index contributed by atoms with van der Waals surface area (Å²) in [5.41, 5.74) is 5.52. The highest BCUT2D eigenvalue weighted by Gasteiger charge is 2.47. The van der Waals surface area contributed by atoms with Crippen LogP contribution in [0.5, 0.6) is 0 Å². The minimum atomic E-state index is -0.642. The number of carbonyl (C=O) groups is 1. The van der Waals surface area contributed by atoms with E-state index >= 15 is 0 Å². The van der Waals surface area contributed by atoms with Crippen LogP contribution < -0.4 is 5.73 Å². The maximum atomic E-state index is 10.7. The van der Waals surface area contributed by atoms with Crippen molar-refractivity contribution in [3.05, 3.63) is 11.6 Å². The summed E-state index contributed by atoms with van der Waals surface area (Å²) in [6.07, 6.45) is 1.33. The minimum Gasteiger partial charge on any atom is -0.386 e. The van der Waals surface area contributed by atoms with Gasteiger partial charge in [-0.3, -0.25) is 4.79 Å². The number of fused-ring (bicyclic) bond motifs is 1. The molecular formula is C7H9NO3. The highest BCUT2D eigenvalue weighted by Crippen LogP contribution is 2.35. The highest BCUT2D eigenvalue weighted by atomic mass is 16.6. The SMILES string of the molecule is NC(=O)C1=C[C@H](O)[C@@H]2O[C@H]2C1. The first-order chi connectivity index (χ1) is 5.18. The Morgan fingerprint density at radius 3 is 3.09 bits per heavy atom. The molecule has 0 bridgehead atoms. The summed E-state index contributed by atoms with van der Waals surface area (Å²) in [4.78, 5) is 10.7. The standard InChI is InChI=1S/C7H9NO3/c8-7(10)3-1-4(9)6-5(2-3)11-6/h1,4-6,9H,2H2,(H2,8,10)/t4-,5-,6-/m0/s1. The maximum absolute atomic E-state index is 10.7. The van der Waals surface area contributed by atoms with Crippen molar-refractivity contribution in [3.63, 3.8) is 0 Å². The Bertz CT molecular complexity index is 236. The molecule has 0 unspecified atom stereocenters. The quantitative estimate of drug-likeness (QED) is 0.473. The number of hydrogen-bond acceptors (Lipinski definition) is 3. The summed E-state index contributed by atoms with van der Waals surface area (Å²) in [6, 6.07) is 0. The predicted octanol–water partition coefficient (Wildman–Crippen LogP) is -1.07. The van der Waals surface area contributed by atoms with Crippen molar-refractivity contribution in [2.24, 2.45) is 5.73 Å². The first-order valence-electron chi connectivity index (χ1n) is 3.52. The molecule has 3 N–H and O–H groups in total. The van der Waals surface area contributed by atoms with E-state index in [1.165, 1.54) is 6.08 Å². The molecule has 1 aliphatic heterocycles. The molecule has 3 atom stereocenters. The molecule has 1 amide bonds. The topological polar surface area (TPSA) is 75.9 Å². The van der Waals surface area contributed by atoms with Crippen LogP contribution in [-0.2, 0) is 9.53 Å². The van der Waals surface area contributed by atoms with E-state index in [9.17, 15) is 9.90 Å². The van der Waals surface area contributed by atoms with E-state index in [4.69, 9.17) is 10.5 Å². The van der Waals surface area contributed by atoms with Crippen molar-refractivity contribution in [1.82, 2.24) is 0 Å². The van der Waals surface area contributed by atoms with Crippen molar-refractivity contribution in [3.8, 4) is 0 Å². The number of aliphatic hydroxyl groups is 1. The number of epoxide rings is 1. The van der Waals surface area contributed by atoms with E-state index in [-0.39, 0.29) is 12.2 Å². The number of primary amides is 1. The number of carbonyl (C=O) groups excluding carboxylic acids is 1. The van der Waals surface area contributed by atoms with Gasteiger partial charge < -0.3 is 15.6 Å². The number of rotatable bonds is 1. The predicted molar refractivity (Wildman–Crippen MR) is 36.6 cm³/mol. The Kier molecular flexibility index (Phi) is 1.27. The average Bonchev–Trinajstić information content (AvgIpc) is 2.66. The number of nitrogens with two attached hydrogens (primary N) is 1. The number of aliphatic hydroxyl groups excluding tert-OH is 1. The molecule has 0 spiro atoms. The number of hydrogen-bond donors (Lipinski definition) is 2. The van der Waals surface area contributed by atoms with Gasteiger partial charge >= 0.3 is 0 Å². The van der Waals surface area contributed by atoms with Crippen LogP contribution in [0.3, 0.4) is 0 Å². The third kappa shape index (κ3) is 1.04. The van der Waals surface area contributed by atoms with Crippen LogP contribution in [-0.4, -0.2) is 29.3 Å². The van der Waals surface area contributed by atoms with Crippen molar-refractivity contribution in [2.45, 2.75) is 24.7 Å². The molecule has 0 saturated carbocycles. The molecule has 1 aliphatic carbocycles. The van der Waals surface area contributed by atoms with E-state index in [1.54, 1.807) is 0 Å². The summed E-state index contributed by atoms with van der Waals surface area (Å²) < 4.78 is 5.06. The number of ether oxygens (including phenoxy) is 1. The summed E-state index contributed by atoms with van der Waals surface area (Å²) in [6.45, 7) is 0. The minimum absolute atomic E-state index is 0.0255. The lowest BCUT2D eigenvalue weighted by atomic mass is 9.97. The van der Waals surface area contributed by atoms with E-state index in [2.05, 4.69) is 0 Å². The lowest BCUT2D eigenvalue weighted by Crippen LogP contribution is -2.25. The van der Waals surface area contributed by atoms with E-state index in [1.807, 2.05) is 0 Å². The van der Waals surface area contributed by atoms with Crippen LogP contribution in [0.4, 0.5) is 0 Å². The van der Waals surface area contributed by atoms with Gasteiger partial charge in [-0.2, -0.15) is 0 Å². The summed E-state index contributed by atoms with van der Waals surface area (Å²) >= 11 is 0. The van der Waals surface area contributed by atoms with Gasteiger partial charge in [-0.1, -0.05) is 0 Å². The summed E-state index contributed by atoms with van der Waals surface area (Å²) in [5, 5.41) is 9.23.